The number of hydrogen-bond donors (Lipinski definition) is 0. The van der Waals surface area contributed by atoms with Gasteiger partial charge in [-0.3, -0.25) is 0 Å². The van der Waals surface area contributed by atoms with Gasteiger partial charge in [0.25, 0.3) is 0 Å². The van der Waals surface area contributed by atoms with E-state index in [2.05, 4.69) is 66.8 Å². The molecule has 0 aliphatic rings. The van der Waals surface area contributed by atoms with Crippen molar-refractivity contribution in [3.8, 4) is 16.5 Å². The lowest BCUT2D eigenvalue weighted by molar-refractivity contribution is 0.414. The van der Waals surface area contributed by atoms with E-state index < -0.39 is 8.07 Å². The van der Waals surface area contributed by atoms with Crippen LogP contribution in [0.25, 0.3) is 0 Å². The highest BCUT2D eigenvalue weighted by molar-refractivity contribution is 8.05. The van der Waals surface area contributed by atoms with E-state index in [9.17, 15) is 0 Å². The molecular formula is C18H20OS2Si. The molecule has 0 spiro atoms. The molecule has 0 unspecified atom stereocenters. The minimum atomic E-state index is -1.32. The van der Waals surface area contributed by atoms with Crippen molar-refractivity contribution in [2.24, 2.45) is 0 Å². The lowest BCUT2D eigenvalue weighted by Crippen LogP contribution is -2.15. The van der Waals surface area contributed by atoms with Gasteiger partial charge in [-0.05, 0) is 53.4 Å². The van der Waals surface area contributed by atoms with Crippen LogP contribution in [0.15, 0.2) is 63.2 Å². The van der Waals surface area contributed by atoms with Crippen LogP contribution in [0.5, 0.6) is 5.75 Å². The second-order valence-electron chi connectivity index (χ2n) is 5.80. The van der Waals surface area contributed by atoms with Gasteiger partial charge in [0.15, 0.2) is 0 Å². The molecule has 0 amide bonds. The smallest absolute Gasteiger partial charge is 0.130 e. The van der Waals surface area contributed by atoms with Gasteiger partial charge in [0, 0.05) is 14.7 Å². The molecule has 0 aliphatic heterocycles. The molecule has 0 fully saturated rings. The van der Waals surface area contributed by atoms with Crippen molar-refractivity contribution in [1.29, 1.82) is 0 Å². The van der Waals surface area contributed by atoms with Crippen molar-refractivity contribution in [3.05, 3.63) is 48.5 Å². The molecule has 0 aliphatic carbocycles. The Morgan fingerprint density at radius 3 is 2.14 bits per heavy atom. The van der Waals surface area contributed by atoms with E-state index in [1.807, 2.05) is 12.1 Å². The summed E-state index contributed by atoms with van der Waals surface area (Å²) in [6.07, 6.45) is 0. The molecule has 0 bridgehead atoms. The first kappa shape index (κ1) is 17.1. The van der Waals surface area contributed by atoms with Crippen LogP contribution in [0.3, 0.4) is 0 Å². The van der Waals surface area contributed by atoms with Gasteiger partial charge in [-0.1, -0.05) is 43.5 Å². The second-order valence-corrected chi connectivity index (χ2v) is 12.5. The summed E-state index contributed by atoms with van der Waals surface area (Å²) in [5, 5.41) is 3.28. The molecule has 1 nitrogen and oxygen atoms in total. The zero-order valence-corrected chi connectivity index (χ0v) is 16.0. The van der Waals surface area contributed by atoms with Crippen molar-refractivity contribution >= 4 is 31.6 Å². The van der Waals surface area contributed by atoms with E-state index in [0.29, 0.717) is 0 Å². The Labute approximate surface area is 142 Å². The molecule has 0 aromatic heterocycles. The summed E-state index contributed by atoms with van der Waals surface area (Å²) in [7, 11) is 0.370. The van der Waals surface area contributed by atoms with E-state index in [1.54, 1.807) is 30.6 Å². The van der Waals surface area contributed by atoms with Crippen molar-refractivity contribution in [3.63, 3.8) is 0 Å². The molecule has 0 saturated heterocycles. The first-order chi connectivity index (χ1) is 10.5. The Morgan fingerprint density at radius 1 is 0.909 bits per heavy atom. The lowest BCUT2D eigenvalue weighted by atomic mass is 10.3. The SMILES string of the molecule is COc1ccc(Sc2ccccc2SC#C[Si](C)(C)C)cc1. The van der Waals surface area contributed by atoms with Crippen LogP contribution in [0.4, 0.5) is 0 Å². The average molecular weight is 345 g/mol. The van der Waals surface area contributed by atoms with Crippen LogP contribution >= 0.6 is 23.5 Å². The molecule has 0 heterocycles. The summed E-state index contributed by atoms with van der Waals surface area (Å²) >= 11 is 3.39. The summed E-state index contributed by atoms with van der Waals surface area (Å²) in [5.74, 6) is 0.882. The van der Waals surface area contributed by atoms with E-state index in [4.69, 9.17) is 4.74 Å². The van der Waals surface area contributed by atoms with Gasteiger partial charge in [-0.25, -0.2) is 0 Å². The maximum atomic E-state index is 5.20. The first-order valence-corrected chi connectivity index (χ1v) is 12.2. The molecule has 4 heteroatoms. The van der Waals surface area contributed by atoms with E-state index in [1.165, 1.54) is 14.7 Å². The van der Waals surface area contributed by atoms with Crippen LogP contribution in [0.1, 0.15) is 0 Å². The van der Waals surface area contributed by atoms with E-state index >= 15 is 0 Å². The predicted octanol–water partition coefficient (Wildman–Crippen LogP) is 5.78. The summed E-state index contributed by atoms with van der Waals surface area (Å²) in [4.78, 5) is 3.66. The van der Waals surface area contributed by atoms with Crippen LogP contribution < -0.4 is 4.74 Å². The Morgan fingerprint density at radius 2 is 1.55 bits per heavy atom. The van der Waals surface area contributed by atoms with Crippen LogP contribution in [0, 0.1) is 10.8 Å². The van der Waals surface area contributed by atoms with Gasteiger partial charge in [0.2, 0.25) is 0 Å². The summed E-state index contributed by atoms with van der Waals surface area (Å²) in [6, 6.07) is 16.6. The zero-order chi connectivity index (χ0) is 16.0. The standard InChI is InChI=1S/C18H20OS2Si/c1-19-15-9-11-16(12-10-15)21-18-8-6-5-7-17(18)20-13-14-22(2,3)4/h5-12H,1-4H3. The number of methoxy groups -OCH3 is 1. The molecule has 2 aromatic rings. The van der Waals surface area contributed by atoms with E-state index in [-0.39, 0.29) is 0 Å². The zero-order valence-electron chi connectivity index (χ0n) is 13.3. The normalized spacial score (nSPS) is 10.7. The third kappa shape index (κ3) is 5.49. The van der Waals surface area contributed by atoms with Gasteiger partial charge in [0.05, 0.1) is 7.11 Å². The number of rotatable bonds is 4. The highest BCUT2D eigenvalue weighted by atomic mass is 32.2. The molecule has 0 saturated carbocycles. The largest absolute Gasteiger partial charge is 0.497 e. The Bertz CT molecular complexity index is 679. The maximum absolute atomic E-state index is 5.20. The maximum Gasteiger partial charge on any atom is 0.130 e. The van der Waals surface area contributed by atoms with E-state index in [0.717, 1.165) is 5.75 Å². The minimum absolute atomic E-state index is 0.882. The molecule has 2 rings (SSSR count). The molecule has 0 atom stereocenters. The van der Waals surface area contributed by atoms with Crippen molar-refractivity contribution in [1.82, 2.24) is 0 Å². The number of thioether (sulfide) groups is 1. The first-order valence-electron chi connectivity index (χ1n) is 7.08. The number of ether oxygens (including phenoxy) is 1. The third-order valence-corrected chi connectivity index (χ3v) is 5.77. The number of hydrogen-bond acceptors (Lipinski definition) is 3. The fourth-order valence-electron chi connectivity index (χ4n) is 1.62. The molecular weight excluding hydrogens is 324 g/mol. The monoisotopic (exact) mass is 344 g/mol. The van der Waals surface area contributed by atoms with Crippen molar-refractivity contribution < 1.29 is 4.74 Å². The molecule has 0 N–H and O–H groups in total. The third-order valence-electron chi connectivity index (χ3n) is 2.72. The van der Waals surface area contributed by atoms with Crippen LogP contribution in [0.2, 0.25) is 19.6 Å². The molecule has 0 radical (unpaired) electrons. The van der Waals surface area contributed by atoms with Gasteiger partial charge < -0.3 is 4.74 Å². The predicted molar refractivity (Wildman–Crippen MR) is 101 cm³/mol. The highest BCUT2D eigenvalue weighted by Crippen LogP contribution is 2.35. The highest BCUT2D eigenvalue weighted by Gasteiger charge is 2.08. The van der Waals surface area contributed by atoms with Gasteiger partial charge in [-0.15, -0.1) is 5.54 Å². The molecule has 22 heavy (non-hydrogen) atoms. The average Bonchev–Trinajstić information content (AvgIpc) is 2.48. The summed E-state index contributed by atoms with van der Waals surface area (Å²) in [5.41, 5.74) is 3.40. The molecule has 114 valence electrons. The quantitative estimate of drug-likeness (QED) is 0.395. The lowest BCUT2D eigenvalue weighted by Gasteiger charge is -2.07. The Hall–Kier alpha value is -1.28. The van der Waals surface area contributed by atoms with Gasteiger partial charge >= 0.3 is 0 Å². The molecule has 2 aromatic carbocycles. The van der Waals surface area contributed by atoms with Crippen molar-refractivity contribution in [2.75, 3.05) is 7.11 Å². The fourth-order valence-corrected chi connectivity index (χ4v) is 4.57. The fraction of sp³-hybridized carbons (Fsp3) is 0.222. The van der Waals surface area contributed by atoms with Crippen LogP contribution in [-0.2, 0) is 0 Å². The number of benzene rings is 2. The summed E-state index contributed by atoms with van der Waals surface area (Å²) in [6.45, 7) is 6.79. The Kier molecular flexibility index (Phi) is 6.07. The second kappa shape index (κ2) is 7.82. The summed E-state index contributed by atoms with van der Waals surface area (Å²) < 4.78 is 5.20. The minimum Gasteiger partial charge on any atom is -0.497 e. The Balaban J connectivity index is 2.15. The van der Waals surface area contributed by atoms with Crippen LogP contribution in [-0.4, -0.2) is 15.2 Å². The van der Waals surface area contributed by atoms with Gasteiger partial charge in [0.1, 0.15) is 13.8 Å². The topological polar surface area (TPSA) is 9.23 Å². The van der Waals surface area contributed by atoms with Gasteiger partial charge in [-0.2, -0.15) is 0 Å². The van der Waals surface area contributed by atoms with Crippen molar-refractivity contribution in [2.45, 2.75) is 34.3 Å².